The maximum atomic E-state index is 11.3. The van der Waals surface area contributed by atoms with E-state index in [0.717, 1.165) is 0 Å². The Kier molecular flexibility index (Phi) is 3.10. The molecule has 2 aromatic carbocycles. The van der Waals surface area contributed by atoms with Crippen LogP contribution in [0, 0.1) is 0 Å². The number of carbonyl (C=O) groups is 1. The van der Waals surface area contributed by atoms with Gasteiger partial charge in [0.05, 0.1) is 0 Å². The van der Waals surface area contributed by atoms with Gasteiger partial charge in [-0.15, -0.1) is 0 Å². The van der Waals surface area contributed by atoms with Crippen LogP contribution in [0.1, 0.15) is 17.0 Å². The highest BCUT2D eigenvalue weighted by molar-refractivity contribution is 5.81. The molecule has 2 rings (SSSR count). The predicted octanol–water partition coefficient (Wildman–Crippen LogP) is 2.61. The molecule has 0 aliphatic carbocycles. The van der Waals surface area contributed by atoms with Crippen LogP contribution in [0.2, 0.25) is 0 Å². The number of phenolic OH excluding ortho intramolecular Hbond substituents is 1. The molecule has 3 heteroatoms. The summed E-state index contributed by atoms with van der Waals surface area (Å²) >= 11 is 0. The lowest BCUT2D eigenvalue weighted by molar-refractivity contribution is -0.137. The fourth-order valence-electron chi connectivity index (χ4n) is 1.83. The molecule has 0 heterocycles. The Morgan fingerprint density at radius 2 is 1.53 bits per heavy atom. The highest BCUT2D eigenvalue weighted by atomic mass is 16.4. The number of rotatable bonds is 3. The fourth-order valence-corrected chi connectivity index (χ4v) is 1.83. The first-order valence-electron chi connectivity index (χ1n) is 5.26. The molecule has 2 aromatic rings. The van der Waals surface area contributed by atoms with Crippen molar-refractivity contribution in [3.05, 3.63) is 65.7 Å². The second-order valence-corrected chi connectivity index (χ2v) is 3.74. The van der Waals surface area contributed by atoms with E-state index in [2.05, 4.69) is 0 Å². The lowest BCUT2D eigenvalue weighted by Crippen LogP contribution is -2.13. The molecule has 0 radical (unpaired) electrons. The Labute approximate surface area is 99.0 Å². The molecular formula is C14H12O3. The van der Waals surface area contributed by atoms with Gasteiger partial charge >= 0.3 is 5.97 Å². The van der Waals surface area contributed by atoms with E-state index in [9.17, 15) is 15.0 Å². The molecule has 0 fully saturated rings. The number of phenols is 1. The number of carboxylic acid groups (broad SMARTS) is 1. The van der Waals surface area contributed by atoms with Gasteiger partial charge in [-0.1, -0.05) is 48.5 Å². The SMILES string of the molecule is O=C(O)[C@@H](c1ccccc1)c1ccccc1O. The van der Waals surface area contributed by atoms with Crippen LogP contribution in [0.25, 0.3) is 0 Å². The topological polar surface area (TPSA) is 57.5 Å². The fraction of sp³-hybridized carbons (Fsp3) is 0.0714. The zero-order chi connectivity index (χ0) is 12.3. The monoisotopic (exact) mass is 228 g/mol. The Morgan fingerprint density at radius 3 is 2.12 bits per heavy atom. The van der Waals surface area contributed by atoms with Crippen molar-refractivity contribution in [2.45, 2.75) is 5.92 Å². The van der Waals surface area contributed by atoms with Gasteiger partial charge in [-0.2, -0.15) is 0 Å². The van der Waals surface area contributed by atoms with Crippen LogP contribution >= 0.6 is 0 Å². The molecule has 0 unspecified atom stereocenters. The number of benzene rings is 2. The van der Waals surface area contributed by atoms with Gasteiger partial charge in [0.2, 0.25) is 0 Å². The van der Waals surface area contributed by atoms with Gasteiger partial charge in [-0.25, -0.2) is 0 Å². The summed E-state index contributed by atoms with van der Waals surface area (Å²) < 4.78 is 0. The number of hydrogen-bond acceptors (Lipinski definition) is 2. The third-order valence-electron chi connectivity index (χ3n) is 2.63. The molecule has 0 saturated heterocycles. The lowest BCUT2D eigenvalue weighted by Gasteiger charge is -2.14. The van der Waals surface area contributed by atoms with Gasteiger partial charge in [0.1, 0.15) is 11.7 Å². The van der Waals surface area contributed by atoms with Crippen LogP contribution < -0.4 is 0 Å². The van der Waals surface area contributed by atoms with Gasteiger partial charge in [0.15, 0.2) is 0 Å². The first-order valence-corrected chi connectivity index (χ1v) is 5.26. The van der Waals surface area contributed by atoms with Gasteiger partial charge in [0.25, 0.3) is 0 Å². The van der Waals surface area contributed by atoms with Crippen molar-refractivity contribution in [2.24, 2.45) is 0 Å². The molecule has 0 spiro atoms. The van der Waals surface area contributed by atoms with E-state index in [-0.39, 0.29) is 5.75 Å². The molecule has 0 aliphatic heterocycles. The van der Waals surface area contributed by atoms with Crippen LogP contribution in [-0.2, 0) is 4.79 Å². The number of para-hydroxylation sites is 1. The number of aromatic hydroxyl groups is 1. The van der Waals surface area contributed by atoms with E-state index >= 15 is 0 Å². The third-order valence-corrected chi connectivity index (χ3v) is 2.63. The molecule has 86 valence electrons. The molecule has 0 amide bonds. The maximum Gasteiger partial charge on any atom is 0.315 e. The predicted molar refractivity (Wildman–Crippen MR) is 64.0 cm³/mol. The van der Waals surface area contributed by atoms with Crippen molar-refractivity contribution in [3.63, 3.8) is 0 Å². The summed E-state index contributed by atoms with van der Waals surface area (Å²) in [5.41, 5.74) is 1.06. The van der Waals surface area contributed by atoms with E-state index in [0.29, 0.717) is 11.1 Å². The molecular weight excluding hydrogens is 216 g/mol. The van der Waals surface area contributed by atoms with Crippen molar-refractivity contribution in [3.8, 4) is 5.75 Å². The first-order chi connectivity index (χ1) is 8.20. The van der Waals surface area contributed by atoms with Crippen LogP contribution in [-0.4, -0.2) is 16.2 Å². The van der Waals surface area contributed by atoms with Gasteiger partial charge in [0, 0.05) is 5.56 Å². The Bertz CT molecular complexity index is 520. The van der Waals surface area contributed by atoms with Crippen LogP contribution in [0.3, 0.4) is 0 Å². The van der Waals surface area contributed by atoms with Crippen molar-refractivity contribution in [1.82, 2.24) is 0 Å². The van der Waals surface area contributed by atoms with Crippen LogP contribution in [0.5, 0.6) is 5.75 Å². The van der Waals surface area contributed by atoms with Gasteiger partial charge < -0.3 is 10.2 Å². The maximum absolute atomic E-state index is 11.3. The van der Waals surface area contributed by atoms with E-state index in [1.807, 2.05) is 6.07 Å². The second-order valence-electron chi connectivity index (χ2n) is 3.74. The van der Waals surface area contributed by atoms with Crippen molar-refractivity contribution in [2.75, 3.05) is 0 Å². The summed E-state index contributed by atoms with van der Waals surface area (Å²) in [7, 11) is 0. The molecule has 0 aliphatic rings. The highest BCUT2D eigenvalue weighted by Gasteiger charge is 2.24. The average molecular weight is 228 g/mol. The molecule has 17 heavy (non-hydrogen) atoms. The Morgan fingerprint density at radius 1 is 0.941 bits per heavy atom. The molecule has 2 N–H and O–H groups in total. The van der Waals surface area contributed by atoms with E-state index in [1.54, 1.807) is 42.5 Å². The van der Waals surface area contributed by atoms with Crippen molar-refractivity contribution in [1.29, 1.82) is 0 Å². The lowest BCUT2D eigenvalue weighted by atomic mass is 9.91. The van der Waals surface area contributed by atoms with E-state index in [1.165, 1.54) is 6.07 Å². The first kappa shape index (κ1) is 11.2. The van der Waals surface area contributed by atoms with Crippen molar-refractivity contribution < 1.29 is 15.0 Å². The minimum absolute atomic E-state index is 0.00348. The molecule has 1 atom stereocenters. The summed E-state index contributed by atoms with van der Waals surface area (Å²) in [6.45, 7) is 0. The normalized spacial score (nSPS) is 12.0. The molecule has 0 bridgehead atoms. The van der Waals surface area contributed by atoms with Crippen molar-refractivity contribution >= 4 is 5.97 Å². The van der Waals surface area contributed by atoms with Crippen LogP contribution in [0.4, 0.5) is 0 Å². The second kappa shape index (κ2) is 4.70. The Hall–Kier alpha value is -2.29. The molecule has 0 saturated carbocycles. The summed E-state index contributed by atoms with van der Waals surface area (Å²) in [6.07, 6.45) is 0. The standard InChI is InChI=1S/C14H12O3/c15-12-9-5-4-8-11(12)13(14(16)17)10-6-2-1-3-7-10/h1-9,13,15H,(H,16,17)/t13-/m0/s1. The minimum Gasteiger partial charge on any atom is -0.508 e. The van der Waals surface area contributed by atoms with E-state index < -0.39 is 11.9 Å². The quantitative estimate of drug-likeness (QED) is 0.849. The van der Waals surface area contributed by atoms with E-state index in [4.69, 9.17) is 0 Å². The highest BCUT2D eigenvalue weighted by Crippen LogP contribution is 2.31. The Balaban J connectivity index is 2.51. The number of aliphatic carboxylic acids is 1. The smallest absolute Gasteiger partial charge is 0.315 e. The zero-order valence-corrected chi connectivity index (χ0v) is 9.08. The summed E-state index contributed by atoms with van der Waals surface area (Å²) in [6, 6.07) is 15.4. The number of hydrogen-bond donors (Lipinski definition) is 2. The third kappa shape index (κ3) is 2.28. The molecule has 3 nitrogen and oxygen atoms in total. The largest absolute Gasteiger partial charge is 0.508 e. The van der Waals surface area contributed by atoms with Gasteiger partial charge in [-0.05, 0) is 11.6 Å². The molecule has 0 aromatic heterocycles. The summed E-state index contributed by atoms with van der Waals surface area (Å²) in [4.78, 5) is 11.3. The number of carboxylic acids is 1. The van der Waals surface area contributed by atoms with Crippen LogP contribution in [0.15, 0.2) is 54.6 Å². The zero-order valence-electron chi connectivity index (χ0n) is 9.08. The minimum atomic E-state index is -0.974. The summed E-state index contributed by atoms with van der Waals surface area (Å²) in [5.74, 6) is -1.81. The average Bonchev–Trinajstić information content (AvgIpc) is 2.33. The van der Waals surface area contributed by atoms with Gasteiger partial charge in [-0.3, -0.25) is 4.79 Å². The summed E-state index contributed by atoms with van der Waals surface area (Å²) in [5, 5.41) is 19.0.